The molecule has 0 saturated carbocycles. The largest absolute Gasteiger partial charge is 0.492 e. The number of unbranched alkanes of at least 4 members (excludes halogenated alkanes) is 1. The molecule has 0 unspecified atom stereocenters. The van der Waals surface area contributed by atoms with E-state index in [0.29, 0.717) is 24.6 Å². The summed E-state index contributed by atoms with van der Waals surface area (Å²) >= 11 is 6.17. The summed E-state index contributed by atoms with van der Waals surface area (Å²) in [6, 6.07) is 25.9. The molecule has 0 saturated heterocycles. The number of rotatable bonds is 13. The third-order valence-electron chi connectivity index (χ3n) is 5.99. The highest BCUT2D eigenvalue weighted by atomic mass is 35.5. The molecular weight excluding hydrogens is 458 g/mol. The summed E-state index contributed by atoms with van der Waals surface area (Å²) < 4.78 is 8.13. The zero-order chi connectivity index (χ0) is 24.3. The summed E-state index contributed by atoms with van der Waals surface area (Å²) in [6.45, 7) is 2.16. The van der Waals surface area contributed by atoms with Gasteiger partial charge >= 0.3 is 0 Å². The highest BCUT2D eigenvalue weighted by Gasteiger charge is 2.11. The number of imidazole rings is 1. The number of hydrogen-bond donors (Lipinski definition) is 1. The van der Waals surface area contributed by atoms with Gasteiger partial charge in [-0.3, -0.25) is 4.79 Å². The van der Waals surface area contributed by atoms with Gasteiger partial charge in [-0.1, -0.05) is 66.2 Å². The number of benzene rings is 3. The van der Waals surface area contributed by atoms with Crippen molar-refractivity contribution < 1.29 is 9.53 Å². The Morgan fingerprint density at radius 1 is 0.886 bits per heavy atom. The molecule has 4 aromatic rings. The smallest absolute Gasteiger partial charge is 0.220 e. The molecular formula is C29H32ClN3O2. The fourth-order valence-electron chi connectivity index (χ4n) is 4.15. The molecule has 35 heavy (non-hydrogen) atoms. The topological polar surface area (TPSA) is 56.2 Å². The highest BCUT2D eigenvalue weighted by molar-refractivity contribution is 6.32. The van der Waals surface area contributed by atoms with Crippen LogP contribution in [0.15, 0.2) is 78.9 Å². The average Bonchev–Trinajstić information content (AvgIpc) is 3.24. The Bertz CT molecular complexity index is 1220. The van der Waals surface area contributed by atoms with E-state index in [-0.39, 0.29) is 5.91 Å². The maximum atomic E-state index is 12.2. The van der Waals surface area contributed by atoms with E-state index in [1.54, 1.807) is 0 Å². The second-order valence-corrected chi connectivity index (χ2v) is 9.00. The van der Waals surface area contributed by atoms with Crippen molar-refractivity contribution in [2.45, 2.75) is 45.1 Å². The van der Waals surface area contributed by atoms with Crippen LogP contribution in [0.2, 0.25) is 5.02 Å². The van der Waals surface area contributed by atoms with Crippen LogP contribution < -0.4 is 10.1 Å². The predicted octanol–water partition coefficient (Wildman–Crippen LogP) is 6.23. The van der Waals surface area contributed by atoms with Crippen molar-refractivity contribution in [2.24, 2.45) is 0 Å². The minimum atomic E-state index is 0.0980. The lowest BCUT2D eigenvalue weighted by Crippen LogP contribution is -2.25. The van der Waals surface area contributed by atoms with Gasteiger partial charge in [-0.2, -0.15) is 0 Å². The van der Waals surface area contributed by atoms with Gasteiger partial charge in [0.25, 0.3) is 0 Å². The number of hydrogen-bond acceptors (Lipinski definition) is 3. The number of nitrogens with one attached hydrogen (secondary N) is 1. The van der Waals surface area contributed by atoms with Crippen molar-refractivity contribution in [1.82, 2.24) is 14.9 Å². The van der Waals surface area contributed by atoms with Crippen LogP contribution in [-0.2, 0) is 24.2 Å². The van der Waals surface area contributed by atoms with Gasteiger partial charge in [0.2, 0.25) is 5.91 Å². The standard InChI is InChI=1S/C29H32ClN3O2/c30-24-13-4-7-16-27(24)35-22-9-8-21-33-26-15-6-5-14-25(26)32-28(33)17-10-20-31-29(34)19-18-23-11-2-1-3-12-23/h1-7,11-16H,8-10,17-22H2,(H,31,34). The number of amides is 1. The van der Waals surface area contributed by atoms with E-state index in [1.165, 1.54) is 5.56 Å². The van der Waals surface area contributed by atoms with Crippen LogP contribution in [0.1, 0.15) is 37.1 Å². The summed E-state index contributed by atoms with van der Waals surface area (Å²) in [6.07, 6.45) is 4.86. The third kappa shape index (κ3) is 7.33. The first kappa shape index (κ1) is 24.8. The van der Waals surface area contributed by atoms with Crippen molar-refractivity contribution in [2.75, 3.05) is 13.2 Å². The van der Waals surface area contributed by atoms with Crippen LogP contribution >= 0.6 is 11.6 Å². The number of aryl methyl sites for hydroxylation is 3. The molecule has 3 aromatic carbocycles. The number of carbonyl (C=O) groups excluding carboxylic acids is 1. The molecule has 1 heterocycles. The first-order valence-corrected chi connectivity index (χ1v) is 12.7. The molecule has 0 bridgehead atoms. The molecule has 0 aliphatic rings. The minimum absolute atomic E-state index is 0.0980. The van der Waals surface area contributed by atoms with E-state index in [1.807, 2.05) is 48.5 Å². The molecule has 0 spiro atoms. The van der Waals surface area contributed by atoms with E-state index >= 15 is 0 Å². The van der Waals surface area contributed by atoms with Crippen LogP contribution in [0.5, 0.6) is 5.75 Å². The minimum Gasteiger partial charge on any atom is -0.492 e. The lowest BCUT2D eigenvalue weighted by Gasteiger charge is -2.11. The van der Waals surface area contributed by atoms with Gasteiger partial charge in [0, 0.05) is 25.9 Å². The first-order valence-electron chi connectivity index (χ1n) is 12.3. The number of nitrogens with zero attached hydrogens (tertiary/aromatic N) is 2. The maximum Gasteiger partial charge on any atom is 0.220 e. The monoisotopic (exact) mass is 489 g/mol. The second kappa shape index (κ2) is 13.0. The summed E-state index contributed by atoms with van der Waals surface area (Å²) in [5, 5.41) is 3.69. The molecule has 4 rings (SSSR count). The van der Waals surface area contributed by atoms with Crippen LogP contribution in [0, 0.1) is 0 Å². The van der Waals surface area contributed by atoms with Gasteiger partial charge in [0.05, 0.1) is 22.7 Å². The quantitative estimate of drug-likeness (QED) is 0.226. The molecule has 0 radical (unpaired) electrons. The Morgan fingerprint density at radius 3 is 2.51 bits per heavy atom. The summed E-state index contributed by atoms with van der Waals surface area (Å²) in [7, 11) is 0. The van der Waals surface area contributed by atoms with E-state index < -0.39 is 0 Å². The molecule has 1 N–H and O–H groups in total. The summed E-state index contributed by atoms with van der Waals surface area (Å²) in [5.74, 6) is 1.89. The van der Waals surface area contributed by atoms with Crippen molar-refractivity contribution >= 4 is 28.5 Å². The SMILES string of the molecule is O=C(CCc1ccccc1)NCCCc1nc2ccccc2n1CCCCOc1ccccc1Cl. The highest BCUT2D eigenvalue weighted by Crippen LogP contribution is 2.23. The second-order valence-electron chi connectivity index (χ2n) is 8.59. The van der Waals surface area contributed by atoms with Gasteiger partial charge in [0.1, 0.15) is 11.6 Å². The van der Waals surface area contributed by atoms with Crippen molar-refractivity contribution in [1.29, 1.82) is 0 Å². The normalized spacial score (nSPS) is 11.0. The number of ether oxygens (including phenoxy) is 1. The van der Waals surface area contributed by atoms with Crippen molar-refractivity contribution in [3.8, 4) is 5.75 Å². The number of carbonyl (C=O) groups is 1. The van der Waals surface area contributed by atoms with E-state index in [2.05, 4.69) is 40.2 Å². The number of para-hydroxylation sites is 3. The summed E-state index contributed by atoms with van der Waals surface area (Å²) in [4.78, 5) is 17.1. The first-order chi connectivity index (χ1) is 17.2. The Hall–Kier alpha value is -3.31. The molecule has 5 nitrogen and oxygen atoms in total. The molecule has 1 amide bonds. The number of fused-ring (bicyclic) bond motifs is 1. The zero-order valence-electron chi connectivity index (χ0n) is 20.0. The number of aromatic nitrogens is 2. The van der Waals surface area contributed by atoms with Gasteiger partial charge in [0.15, 0.2) is 0 Å². The predicted molar refractivity (Wildman–Crippen MR) is 142 cm³/mol. The van der Waals surface area contributed by atoms with Crippen molar-refractivity contribution in [3.05, 3.63) is 95.3 Å². The van der Waals surface area contributed by atoms with Crippen LogP contribution in [0.25, 0.3) is 11.0 Å². The third-order valence-corrected chi connectivity index (χ3v) is 6.30. The average molecular weight is 490 g/mol. The summed E-state index contributed by atoms with van der Waals surface area (Å²) in [5.41, 5.74) is 3.36. The Balaban J connectivity index is 1.24. The van der Waals surface area contributed by atoms with E-state index in [0.717, 1.165) is 61.3 Å². The molecule has 0 aliphatic heterocycles. The molecule has 1 aromatic heterocycles. The lowest BCUT2D eigenvalue weighted by molar-refractivity contribution is -0.121. The molecule has 182 valence electrons. The van der Waals surface area contributed by atoms with Crippen LogP contribution in [0.4, 0.5) is 0 Å². The fraction of sp³-hybridized carbons (Fsp3) is 0.310. The fourth-order valence-corrected chi connectivity index (χ4v) is 4.34. The van der Waals surface area contributed by atoms with E-state index in [4.69, 9.17) is 21.3 Å². The number of halogens is 1. The Labute approximate surface area is 212 Å². The zero-order valence-corrected chi connectivity index (χ0v) is 20.7. The van der Waals surface area contributed by atoms with Gasteiger partial charge in [-0.05, 0) is 55.5 Å². The van der Waals surface area contributed by atoms with Gasteiger partial charge < -0.3 is 14.6 Å². The maximum absolute atomic E-state index is 12.2. The Kier molecular flexibility index (Phi) is 9.18. The van der Waals surface area contributed by atoms with Crippen LogP contribution in [-0.4, -0.2) is 28.6 Å². The van der Waals surface area contributed by atoms with Crippen molar-refractivity contribution in [3.63, 3.8) is 0 Å². The Morgan fingerprint density at radius 2 is 1.66 bits per heavy atom. The van der Waals surface area contributed by atoms with Gasteiger partial charge in [-0.25, -0.2) is 4.98 Å². The molecule has 0 fully saturated rings. The molecule has 0 atom stereocenters. The lowest BCUT2D eigenvalue weighted by atomic mass is 10.1. The van der Waals surface area contributed by atoms with Gasteiger partial charge in [-0.15, -0.1) is 0 Å². The van der Waals surface area contributed by atoms with Crippen LogP contribution in [0.3, 0.4) is 0 Å². The van der Waals surface area contributed by atoms with E-state index in [9.17, 15) is 4.79 Å². The molecule has 6 heteroatoms. The molecule has 0 aliphatic carbocycles.